The van der Waals surface area contributed by atoms with Crippen LogP contribution in [0.4, 0.5) is 0 Å². The maximum absolute atomic E-state index is 10.9. The van der Waals surface area contributed by atoms with E-state index in [1.807, 2.05) is 24.3 Å². The van der Waals surface area contributed by atoms with Gasteiger partial charge in [0.2, 0.25) is 0 Å². The summed E-state index contributed by atoms with van der Waals surface area (Å²) in [5.41, 5.74) is 1.85. The summed E-state index contributed by atoms with van der Waals surface area (Å²) in [4.78, 5) is 10.9. The van der Waals surface area contributed by atoms with Crippen LogP contribution < -0.4 is 0 Å². The van der Waals surface area contributed by atoms with Gasteiger partial charge in [-0.3, -0.25) is 4.79 Å². The van der Waals surface area contributed by atoms with Gasteiger partial charge in [-0.25, -0.2) is 0 Å². The van der Waals surface area contributed by atoms with Gasteiger partial charge in [0.1, 0.15) is 0 Å². The first kappa shape index (κ1) is 14.0. The molecular weight excluding hydrogens is 244 g/mol. The van der Waals surface area contributed by atoms with E-state index in [0.717, 1.165) is 17.5 Å². The number of carboxylic acids is 1. The zero-order valence-corrected chi connectivity index (χ0v) is 11.0. The van der Waals surface area contributed by atoms with Crippen molar-refractivity contribution in [1.82, 2.24) is 0 Å². The highest BCUT2D eigenvalue weighted by Crippen LogP contribution is 2.29. The Morgan fingerprint density at radius 2 is 1.89 bits per heavy atom. The van der Waals surface area contributed by atoms with E-state index in [2.05, 4.69) is 0 Å². The van der Waals surface area contributed by atoms with Crippen LogP contribution in [0.2, 0.25) is 0 Å². The van der Waals surface area contributed by atoms with Crippen LogP contribution in [-0.2, 0) is 11.2 Å². The third kappa shape index (κ3) is 3.33. The van der Waals surface area contributed by atoms with Gasteiger partial charge in [-0.2, -0.15) is 0 Å². The fourth-order valence-corrected chi connectivity index (χ4v) is 2.68. The molecule has 3 N–H and O–H groups in total. The van der Waals surface area contributed by atoms with E-state index in [-0.39, 0.29) is 5.92 Å². The molecule has 0 bridgehead atoms. The van der Waals surface area contributed by atoms with Gasteiger partial charge in [0.25, 0.3) is 0 Å². The molecule has 1 saturated carbocycles. The summed E-state index contributed by atoms with van der Waals surface area (Å²) in [7, 11) is 0. The number of rotatable bonds is 4. The molecule has 0 aromatic heterocycles. The number of hydrogen-bond donors (Lipinski definition) is 3. The predicted octanol–water partition coefficient (Wildman–Crippen LogP) is 1.55. The van der Waals surface area contributed by atoms with Gasteiger partial charge >= 0.3 is 5.97 Å². The molecule has 1 fully saturated rings. The van der Waals surface area contributed by atoms with Gasteiger partial charge in [0, 0.05) is 0 Å². The lowest BCUT2D eigenvalue weighted by molar-refractivity contribution is -0.138. The Bertz CT molecular complexity index is 440. The maximum Gasteiger partial charge on any atom is 0.310 e. The molecule has 1 aromatic rings. The number of carboxylic acid groups (broad SMARTS) is 1. The summed E-state index contributed by atoms with van der Waals surface area (Å²) in [5, 5.41) is 28.2. The highest BCUT2D eigenvalue weighted by Gasteiger charge is 2.31. The molecule has 104 valence electrons. The van der Waals surface area contributed by atoms with Gasteiger partial charge in [0.05, 0.1) is 18.1 Å². The van der Waals surface area contributed by atoms with Gasteiger partial charge in [-0.1, -0.05) is 24.3 Å². The Morgan fingerprint density at radius 3 is 2.37 bits per heavy atom. The number of aliphatic hydroxyl groups is 2. The van der Waals surface area contributed by atoms with Crippen molar-refractivity contribution in [1.29, 1.82) is 0 Å². The van der Waals surface area contributed by atoms with Crippen LogP contribution in [0, 0.1) is 5.92 Å². The lowest BCUT2D eigenvalue weighted by atomic mass is 9.93. The SMILES string of the molecule is CC(C(=O)O)c1ccc(C[C@H]2CC(O)CC2O)cc1. The fourth-order valence-electron chi connectivity index (χ4n) is 2.68. The molecule has 0 saturated heterocycles. The van der Waals surface area contributed by atoms with Crippen molar-refractivity contribution in [2.24, 2.45) is 5.92 Å². The fraction of sp³-hybridized carbons (Fsp3) is 0.533. The first-order valence-corrected chi connectivity index (χ1v) is 6.65. The van der Waals surface area contributed by atoms with Crippen LogP contribution in [0.1, 0.15) is 36.8 Å². The van der Waals surface area contributed by atoms with Gasteiger partial charge in [-0.05, 0) is 43.2 Å². The van der Waals surface area contributed by atoms with Crippen LogP contribution in [0.25, 0.3) is 0 Å². The quantitative estimate of drug-likeness (QED) is 0.771. The first-order valence-electron chi connectivity index (χ1n) is 6.65. The molecule has 0 radical (unpaired) electrons. The van der Waals surface area contributed by atoms with E-state index >= 15 is 0 Å². The summed E-state index contributed by atoms with van der Waals surface area (Å²) in [6.07, 6.45) is 0.978. The molecule has 4 atom stereocenters. The van der Waals surface area contributed by atoms with Crippen molar-refractivity contribution in [2.75, 3.05) is 0 Å². The molecule has 0 spiro atoms. The third-order valence-corrected chi connectivity index (χ3v) is 3.98. The Labute approximate surface area is 112 Å². The summed E-state index contributed by atoms with van der Waals surface area (Å²) < 4.78 is 0. The second-order valence-electron chi connectivity index (χ2n) is 5.46. The first-order chi connectivity index (χ1) is 8.97. The second kappa shape index (κ2) is 5.72. The minimum absolute atomic E-state index is 0.0951. The summed E-state index contributed by atoms with van der Waals surface area (Å²) in [5.74, 6) is -1.24. The van der Waals surface area contributed by atoms with Crippen molar-refractivity contribution in [3.8, 4) is 0 Å². The van der Waals surface area contributed by atoms with Crippen LogP contribution in [0.5, 0.6) is 0 Å². The Kier molecular flexibility index (Phi) is 4.22. The topological polar surface area (TPSA) is 77.8 Å². The van der Waals surface area contributed by atoms with Crippen molar-refractivity contribution in [3.63, 3.8) is 0 Å². The highest BCUT2D eigenvalue weighted by atomic mass is 16.4. The number of benzene rings is 1. The largest absolute Gasteiger partial charge is 0.481 e. The summed E-state index contributed by atoms with van der Waals surface area (Å²) in [6, 6.07) is 7.47. The van der Waals surface area contributed by atoms with E-state index in [1.54, 1.807) is 6.92 Å². The van der Waals surface area contributed by atoms with Crippen molar-refractivity contribution in [3.05, 3.63) is 35.4 Å². The Hall–Kier alpha value is -1.39. The van der Waals surface area contributed by atoms with Crippen molar-refractivity contribution in [2.45, 2.75) is 44.3 Å². The second-order valence-corrected chi connectivity index (χ2v) is 5.46. The smallest absolute Gasteiger partial charge is 0.310 e. The van der Waals surface area contributed by atoms with Crippen molar-refractivity contribution < 1.29 is 20.1 Å². The van der Waals surface area contributed by atoms with Gasteiger partial charge in [0.15, 0.2) is 0 Å². The van der Waals surface area contributed by atoms with Gasteiger partial charge in [-0.15, -0.1) is 0 Å². The average molecular weight is 264 g/mol. The average Bonchev–Trinajstić information content (AvgIpc) is 2.68. The highest BCUT2D eigenvalue weighted by molar-refractivity contribution is 5.75. The van der Waals surface area contributed by atoms with Crippen LogP contribution >= 0.6 is 0 Å². The number of hydrogen-bond acceptors (Lipinski definition) is 3. The molecule has 2 rings (SSSR count). The number of aliphatic hydroxyl groups excluding tert-OH is 2. The van der Waals surface area contributed by atoms with Crippen LogP contribution in [0.3, 0.4) is 0 Å². The Morgan fingerprint density at radius 1 is 1.26 bits per heavy atom. The number of carbonyl (C=O) groups is 1. The minimum atomic E-state index is -0.831. The lowest BCUT2D eigenvalue weighted by Crippen LogP contribution is -2.15. The molecular formula is C15H20O4. The summed E-state index contributed by atoms with van der Waals surface area (Å²) in [6.45, 7) is 1.66. The standard InChI is InChI=1S/C15H20O4/c1-9(15(18)19)11-4-2-10(3-5-11)6-12-7-13(16)8-14(12)17/h2-5,9,12-14,16-17H,6-8H2,1H3,(H,18,19)/t9?,12-,13?,14?/m0/s1. The zero-order valence-electron chi connectivity index (χ0n) is 11.0. The van der Waals surface area contributed by atoms with E-state index < -0.39 is 24.1 Å². The summed E-state index contributed by atoms with van der Waals surface area (Å²) >= 11 is 0. The maximum atomic E-state index is 10.9. The monoisotopic (exact) mass is 264 g/mol. The molecule has 1 aliphatic rings. The molecule has 1 aromatic carbocycles. The molecule has 4 nitrogen and oxygen atoms in total. The third-order valence-electron chi connectivity index (χ3n) is 3.98. The predicted molar refractivity (Wildman–Crippen MR) is 70.9 cm³/mol. The number of aliphatic carboxylic acids is 1. The normalized spacial score (nSPS) is 28.3. The van der Waals surface area contributed by atoms with E-state index in [4.69, 9.17) is 5.11 Å². The van der Waals surface area contributed by atoms with Gasteiger partial charge < -0.3 is 15.3 Å². The molecule has 0 aliphatic heterocycles. The van der Waals surface area contributed by atoms with Crippen LogP contribution in [-0.4, -0.2) is 33.5 Å². The molecule has 3 unspecified atom stereocenters. The van der Waals surface area contributed by atoms with Crippen LogP contribution in [0.15, 0.2) is 24.3 Å². The van der Waals surface area contributed by atoms with Crippen molar-refractivity contribution >= 4 is 5.97 Å². The molecule has 0 amide bonds. The van der Waals surface area contributed by atoms with E-state index in [0.29, 0.717) is 12.8 Å². The molecule has 19 heavy (non-hydrogen) atoms. The molecule has 1 aliphatic carbocycles. The zero-order chi connectivity index (χ0) is 14.0. The Balaban J connectivity index is 2.01. The lowest BCUT2D eigenvalue weighted by Gasteiger charge is -2.14. The minimum Gasteiger partial charge on any atom is -0.481 e. The molecule has 0 heterocycles. The van der Waals surface area contributed by atoms with E-state index in [1.165, 1.54) is 0 Å². The molecule has 4 heteroatoms. The van der Waals surface area contributed by atoms with E-state index in [9.17, 15) is 15.0 Å².